The Morgan fingerprint density at radius 3 is 2.67 bits per heavy atom. The largest absolute Gasteiger partial charge is 0.324 e. The van der Waals surface area contributed by atoms with Crippen LogP contribution >= 0.6 is 0 Å². The molecular weight excluding hydrogens is 270 g/mol. The van der Waals surface area contributed by atoms with Gasteiger partial charge in [0.2, 0.25) is 0 Å². The lowest BCUT2D eigenvalue weighted by molar-refractivity contribution is 0.494. The van der Waals surface area contributed by atoms with E-state index in [1.807, 2.05) is 30.3 Å². The molecule has 2 N–H and O–H groups in total. The van der Waals surface area contributed by atoms with Crippen LogP contribution in [-0.4, -0.2) is 4.98 Å². The highest BCUT2D eigenvalue weighted by atomic mass is 19.2. The highest BCUT2D eigenvalue weighted by Gasteiger charge is 2.15. The van der Waals surface area contributed by atoms with Gasteiger partial charge in [-0.25, -0.2) is 8.78 Å². The van der Waals surface area contributed by atoms with Gasteiger partial charge in [-0.1, -0.05) is 30.3 Å². The Morgan fingerprint density at radius 1 is 1.00 bits per heavy atom. The first kappa shape index (κ1) is 13.6. The number of nitrogens with zero attached hydrogens (tertiary/aromatic N) is 1. The van der Waals surface area contributed by atoms with Crippen molar-refractivity contribution in [3.8, 4) is 0 Å². The van der Waals surface area contributed by atoms with E-state index in [0.29, 0.717) is 0 Å². The summed E-state index contributed by atoms with van der Waals surface area (Å²) in [7, 11) is 0. The fraction of sp³-hybridized carbons (Fsp3) is 0.118. The van der Waals surface area contributed by atoms with E-state index < -0.39 is 17.7 Å². The summed E-state index contributed by atoms with van der Waals surface area (Å²) in [6.45, 7) is 0. The van der Waals surface area contributed by atoms with Crippen LogP contribution in [0.25, 0.3) is 10.9 Å². The molecule has 3 rings (SSSR count). The van der Waals surface area contributed by atoms with Crippen LogP contribution in [-0.2, 0) is 6.42 Å². The minimum atomic E-state index is -0.848. The Bertz CT molecular complexity index is 781. The smallest absolute Gasteiger partial charge is 0.162 e. The van der Waals surface area contributed by atoms with E-state index >= 15 is 0 Å². The second-order valence-corrected chi connectivity index (χ2v) is 4.94. The molecular formula is C17H14F2N2. The number of pyridine rings is 1. The first-order valence-electron chi connectivity index (χ1n) is 6.69. The third-order valence-corrected chi connectivity index (χ3v) is 3.55. The van der Waals surface area contributed by atoms with Crippen molar-refractivity contribution in [3.05, 3.63) is 77.5 Å². The topological polar surface area (TPSA) is 38.9 Å². The Morgan fingerprint density at radius 2 is 1.81 bits per heavy atom. The second-order valence-electron chi connectivity index (χ2n) is 4.94. The van der Waals surface area contributed by atoms with Gasteiger partial charge in [-0.15, -0.1) is 0 Å². The van der Waals surface area contributed by atoms with Crippen LogP contribution in [0.2, 0.25) is 0 Å². The van der Waals surface area contributed by atoms with Gasteiger partial charge in [-0.2, -0.15) is 0 Å². The number of hydrogen-bond donors (Lipinski definition) is 1. The molecule has 0 amide bonds. The van der Waals surface area contributed by atoms with Gasteiger partial charge in [0.1, 0.15) is 0 Å². The van der Waals surface area contributed by atoms with E-state index in [0.717, 1.165) is 22.5 Å². The highest BCUT2D eigenvalue weighted by Crippen LogP contribution is 2.25. The van der Waals surface area contributed by atoms with Crippen LogP contribution in [0.3, 0.4) is 0 Å². The van der Waals surface area contributed by atoms with Gasteiger partial charge < -0.3 is 5.73 Å². The minimum absolute atomic E-state index is 0.234. The molecule has 1 atom stereocenters. The fourth-order valence-electron chi connectivity index (χ4n) is 2.49. The van der Waals surface area contributed by atoms with Gasteiger partial charge in [-0.05, 0) is 35.7 Å². The maximum atomic E-state index is 13.7. The number of fused-ring (bicyclic) bond motifs is 1. The van der Waals surface area contributed by atoms with Crippen molar-refractivity contribution in [2.45, 2.75) is 12.5 Å². The van der Waals surface area contributed by atoms with Crippen molar-refractivity contribution < 1.29 is 8.78 Å². The minimum Gasteiger partial charge on any atom is -0.324 e. The van der Waals surface area contributed by atoms with Crippen LogP contribution in [0.5, 0.6) is 0 Å². The molecule has 0 spiro atoms. The summed E-state index contributed by atoms with van der Waals surface area (Å²) in [5, 5.41) is 0.935. The molecule has 3 aromatic rings. The first-order valence-corrected chi connectivity index (χ1v) is 6.69. The molecule has 1 heterocycles. The number of hydrogen-bond acceptors (Lipinski definition) is 2. The number of benzene rings is 2. The number of halogens is 2. The molecule has 1 aromatic heterocycles. The van der Waals surface area contributed by atoms with Crippen LogP contribution < -0.4 is 5.73 Å². The molecule has 0 saturated carbocycles. The first-order chi connectivity index (χ1) is 10.2. The van der Waals surface area contributed by atoms with E-state index in [2.05, 4.69) is 4.98 Å². The Kier molecular flexibility index (Phi) is 3.62. The molecule has 2 aromatic carbocycles. The number of nitrogens with two attached hydrogens (primary N) is 1. The molecule has 0 bridgehead atoms. The van der Waals surface area contributed by atoms with Crippen molar-refractivity contribution in [2.75, 3.05) is 0 Å². The van der Waals surface area contributed by atoms with Crippen molar-refractivity contribution in [1.29, 1.82) is 0 Å². The van der Waals surface area contributed by atoms with E-state index in [9.17, 15) is 8.78 Å². The monoisotopic (exact) mass is 284 g/mol. The zero-order chi connectivity index (χ0) is 14.8. The Balaban J connectivity index is 1.97. The zero-order valence-corrected chi connectivity index (χ0v) is 11.3. The summed E-state index contributed by atoms with van der Waals surface area (Å²) < 4.78 is 27.0. The molecule has 0 aliphatic rings. The van der Waals surface area contributed by atoms with Gasteiger partial charge >= 0.3 is 0 Å². The van der Waals surface area contributed by atoms with E-state index in [1.165, 1.54) is 6.07 Å². The normalized spacial score (nSPS) is 12.5. The standard InChI is InChI=1S/C17H14F2N2/c18-14-6-3-4-11(17(14)19)10-15(20)12-8-9-21-16-7-2-1-5-13(12)16/h1-9,15H,10,20H2. The third kappa shape index (κ3) is 2.62. The number of rotatable bonds is 3. The number of para-hydroxylation sites is 1. The summed E-state index contributed by atoms with van der Waals surface area (Å²) in [5.74, 6) is -1.68. The van der Waals surface area contributed by atoms with Crippen LogP contribution in [0.15, 0.2) is 54.7 Å². The second kappa shape index (κ2) is 5.58. The molecule has 106 valence electrons. The quantitative estimate of drug-likeness (QED) is 0.795. The maximum Gasteiger partial charge on any atom is 0.162 e. The Labute approximate surface area is 121 Å². The molecule has 0 radical (unpaired) electrons. The predicted octanol–water partition coefficient (Wildman–Crippen LogP) is 3.76. The average Bonchev–Trinajstić information content (AvgIpc) is 2.51. The zero-order valence-electron chi connectivity index (χ0n) is 11.3. The van der Waals surface area contributed by atoms with Gasteiger partial charge in [0, 0.05) is 17.6 Å². The lowest BCUT2D eigenvalue weighted by Gasteiger charge is -2.15. The van der Waals surface area contributed by atoms with E-state index in [4.69, 9.17) is 5.73 Å². The lowest BCUT2D eigenvalue weighted by Crippen LogP contribution is -2.15. The molecule has 1 unspecified atom stereocenters. The SMILES string of the molecule is NC(Cc1cccc(F)c1F)c1ccnc2ccccc12. The lowest BCUT2D eigenvalue weighted by atomic mass is 9.96. The molecule has 2 nitrogen and oxygen atoms in total. The van der Waals surface area contributed by atoms with Crippen LogP contribution in [0.4, 0.5) is 8.78 Å². The van der Waals surface area contributed by atoms with Crippen LogP contribution in [0.1, 0.15) is 17.2 Å². The summed E-state index contributed by atoms with van der Waals surface area (Å²) in [5.41, 5.74) is 8.19. The van der Waals surface area contributed by atoms with Crippen molar-refractivity contribution in [1.82, 2.24) is 4.98 Å². The summed E-state index contributed by atoms with van der Waals surface area (Å²) in [6, 6.07) is 13.2. The number of aromatic nitrogens is 1. The Hall–Kier alpha value is -2.33. The van der Waals surface area contributed by atoms with Crippen molar-refractivity contribution in [3.63, 3.8) is 0 Å². The van der Waals surface area contributed by atoms with E-state index in [-0.39, 0.29) is 12.0 Å². The molecule has 0 aliphatic carbocycles. The molecule has 0 aliphatic heterocycles. The van der Waals surface area contributed by atoms with Crippen LogP contribution in [0, 0.1) is 11.6 Å². The molecule has 0 fully saturated rings. The molecule has 0 saturated heterocycles. The van der Waals surface area contributed by atoms with E-state index in [1.54, 1.807) is 12.3 Å². The summed E-state index contributed by atoms with van der Waals surface area (Å²) >= 11 is 0. The highest BCUT2D eigenvalue weighted by molar-refractivity contribution is 5.82. The van der Waals surface area contributed by atoms with Crippen molar-refractivity contribution in [2.24, 2.45) is 5.73 Å². The summed E-state index contributed by atoms with van der Waals surface area (Å²) in [4.78, 5) is 4.27. The molecule has 4 heteroatoms. The van der Waals surface area contributed by atoms with Gasteiger partial charge in [-0.3, -0.25) is 4.98 Å². The van der Waals surface area contributed by atoms with Gasteiger partial charge in [0.05, 0.1) is 5.52 Å². The fourth-order valence-corrected chi connectivity index (χ4v) is 2.49. The average molecular weight is 284 g/mol. The van der Waals surface area contributed by atoms with Gasteiger partial charge in [0.15, 0.2) is 11.6 Å². The van der Waals surface area contributed by atoms with Gasteiger partial charge in [0.25, 0.3) is 0 Å². The maximum absolute atomic E-state index is 13.7. The van der Waals surface area contributed by atoms with Crippen molar-refractivity contribution >= 4 is 10.9 Å². The summed E-state index contributed by atoms with van der Waals surface area (Å²) in [6.07, 6.45) is 1.91. The predicted molar refractivity (Wildman–Crippen MR) is 78.7 cm³/mol. The molecule has 21 heavy (non-hydrogen) atoms. The third-order valence-electron chi connectivity index (χ3n) is 3.55.